The molecule has 1 amide bonds. The second-order valence-electron chi connectivity index (χ2n) is 4.93. The van der Waals surface area contributed by atoms with Gasteiger partial charge < -0.3 is 10.8 Å². The lowest BCUT2D eigenvalue weighted by atomic mass is 10.0. The molecule has 0 spiro atoms. The smallest absolute Gasteiger partial charge is 0.348 e. The zero-order valence-corrected chi connectivity index (χ0v) is 12.5. The van der Waals surface area contributed by atoms with Crippen molar-refractivity contribution >= 4 is 11.9 Å². The predicted octanol–water partition coefficient (Wildman–Crippen LogP) is 0.432. The van der Waals surface area contributed by atoms with Gasteiger partial charge in [0.1, 0.15) is 0 Å². The molecule has 116 valence electrons. The highest BCUT2D eigenvalue weighted by molar-refractivity contribution is 5.74. The number of nitrogens with two attached hydrogens (primary N) is 1. The number of rotatable bonds is 7. The van der Waals surface area contributed by atoms with E-state index in [9.17, 15) is 14.4 Å². The molecule has 0 bridgehead atoms. The summed E-state index contributed by atoms with van der Waals surface area (Å²) in [5, 5.41) is 9.06. The highest BCUT2D eigenvalue weighted by Crippen LogP contribution is 2.18. The fourth-order valence-corrected chi connectivity index (χ4v) is 2.53. The van der Waals surface area contributed by atoms with E-state index in [1.165, 1.54) is 4.57 Å². The first kappa shape index (κ1) is 16.9. The molecule has 0 aliphatic heterocycles. The Morgan fingerprint density at radius 1 is 1.33 bits per heavy atom. The van der Waals surface area contributed by atoms with E-state index in [1.807, 2.05) is 13.8 Å². The van der Waals surface area contributed by atoms with Crippen molar-refractivity contribution in [3.63, 3.8) is 0 Å². The van der Waals surface area contributed by atoms with Crippen LogP contribution in [0.5, 0.6) is 0 Å². The van der Waals surface area contributed by atoms with Crippen molar-refractivity contribution in [2.45, 2.75) is 52.5 Å². The van der Waals surface area contributed by atoms with E-state index < -0.39 is 23.6 Å². The van der Waals surface area contributed by atoms with Gasteiger partial charge in [-0.3, -0.25) is 14.2 Å². The topological polar surface area (TPSA) is 115 Å². The summed E-state index contributed by atoms with van der Waals surface area (Å²) in [5.74, 6) is -1.50. The lowest BCUT2D eigenvalue weighted by Crippen LogP contribution is -2.34. The van der Waals surface area contributed by atoms with Gasteiger partial charge in [-0.15, -0.1) is 0 Å². The van der Waals surface area contributed by atoms with Gasteiger partial charge in [0.2, 0.25) is 5.91 Å². The molecule has 0 radical (unpaired) electrons. The maximum atomic E-state index is 12.2. The number of aliphatic carboxylic acids is 1. The first-order valence-electron chi connectivity index (χ1n) is 6.94. The normalized spacial score (nSPS) is 12.1. The highest BCUT2D eigenvalue weighted by atomic mass is 16.4. The average molecular weight is 295 g/mol. The summed E-state index contributed by atoms with van der Waals surface area (Å²) in [6, 6.07) is -0.448. The van der Waals surface area contributed by atoms with Gasteiger partial charge in [0.25, 0.3) is 0 Å². The van der Waals surface area contributed by atoms with Crippen LogP contribution in [0, 0.1) is 0 Å². The van der Waals surface area contributed by atoms with E-state index in [1.54, 1.807) is 6.92 Å². The summed E-state index contributed by atoms with van der Waals surface area (Å²) in [6.07, 6.45) is 0.780. The second kappa shape index (κ2) is 7.01. The molecule has 0 fully saturated rings. The van der Waals surface area contributed by atoms with Crippen LogP contribution >= 0.6 is 0 Å². The Hall–Kier alpha value is -2.18. The van der Waals surface area contributed by atoms with Gasteiger partial charge in [-0.1, -0.05) is 13.8 Å². The Morgan fingerprint density at radius 2 is 1.95 bits per heavy atom. The Bertz CT molecular complexity index is 607. The van der Waals surface area contributed by atoms with Crippen molar-refractivity contribution in [1.82, 2.24) is 9.55 Å². The minimum atomic E-state index is -0.978. The molecule has 0 aliphatic carbocycles. The maximum absolute atomic E-state index is 12.2. The van der Waals surface area contributed by atoms with E-state index in [4.69, 9.17) is 10.8 Å². The summed E-state index contributed by atoms with van der Waals surface area (Å²) in [5.41, 5.74) is 6.39. The molecule has 7 heteroatoms. The summed E-state index contributed by atoms with van der Waals surface area (Å²) < 4.78 is 1.39. The van der Waals surface area contributed by atoms with Crippen LogP contribution in [-0.4, -0.2) is 26.5 Å². The Balaban J connectivity index is 3.52. The molecule has 0 saturated carbocycles. The molecule has 1 heterocycles. The van der Waals surface area contributed by atoms with Gasteiger partial charge in [0, 0.05) is 23.7 Å². The number of amides is 1. The molecule has 1 aromatic rings. The van der Waals surface area contributed by atoms with Gasteiger partial charge in [0.15, 0.2) is 0 Å². The standard InChI is InChI=1S/C14H21N3O4/c1-4-10-9(7-13(19)20)11(5-2)17(14(21)16-10)8(3)6-12(15)18/h8H,4-7H2,1-3H3,(H2,15,18)(H,19,20). The predicted molar refractivity (Wildman–Crippen MR) is 77.1 cm³/mol. The zero-order valence-electron chi connectivity index (χ0n) is 12.5. The minimum Gasteiger partial charge on any atom is -0.481 e. The van der Waals surface area contributed by atoms with Gasteiger partial charge in [0.05, 0.1) is 12.1 Å². The number of carbonyl (C=O) groups is 2. The Kier molecular flexibility index (Phi) is 5.63. The van der Waals surface area contributed by atoms with Crippen LogP contribution in [-0.2, 0) is 28.9 Å². The van der Waals surface area contributed by atoms with Crippen LogP contribution < -0.4 is 11.4 Å². The summed E-state index contributed by atoms with van der Waals surface area (Å²) in [4.78, 5) is 38.3. The molecule has 1 atom stereocenters. The molecular weight excluding hydrogens is 274 g/mol. The summed E-state index contributed by atoms with van der Waals surface area (Å²) >= 11 is 0. The molecule has 21 heavy (non-hydrogen) atoms. The van der Waals surface area contributed by atoms with Gasteiger partial charge in [-0.25, -0.2) is 4.79 Å². The molecule has 0 saturated heterocycles. The second-order valence-corrected chi connectivity index (χ2v) is 4.93. The minimum absolute atomic E-state index is 0.00652. The molecule has 1 aromatic heterocycles. The monoisotopic (exact) mass is 295 g/mol. The number of aromatic nitrogens is 2. The van der Waals surface area contributed by atoms with Crippen LogP contribution in [0.4, 0.5) is 0 Å². The number of carboxylic acid groups (broad SMARTS) is 1. The van der Waals surface area contributed by atoms with E-state index in [0.29, 0.717) is 29.8 Å². The number of primary amides is 1. The largest absolute Gasteiger partial charge is 0.481 e. The lowest BCUT2D eigenvalue weighted by molar-refractivity contribution is -0.136. The first-order chi connectivity index (χ1) is 9.81. The van der Waals surface area contributed by atoms with Crippen LogP contribution in [0.15, 0.2) is 4.79 Å². The van der Waals surface area contributed by atoms with Crippen molar-refractivity contribution in [1.29, 1.82) is 0 Å². The van der Waals surface area contributed by atoms with E-state index in [-0.39, 0.29) is 12.8 Å². The number of carboxylic acids is 1. The fourth-order valence-electron chi connectivity index (χ4n) is 2.53. The number of hydrogen-bond donors (Lipinski definition) is 2. The average Bonchev–Trinajstić information content (AvgIpc) is 2.38. The molecule has 1 unspecified atom stereocenters. The molecule has 0 aromatic carbocycles. The van der Waals surface area contributed by atoms with Crippen molar-refractivity contribution < 1.29 is 14.7 Å². The molecular formula is C14H21N3O4. The number of aryl methyl sites for hydroxylation is 1. The summed E-state index contributed by atoms with van der Waals surface area (Å²) in [6.45, 7) is 5.36. The first-order valence-corrected chi connectivity index (χ1v) is 6.94. The number of hydrogen-bond acceptors (Lipinski definition) is 4. The third-order valence-electron chi connectivity index (χ3n) is 3.36. The molecule has 0 aliphatic rings. The Morgan fingerprint density at radius 3 is 2.38 bits per heavy atom. The molecule has 7 nitrogen and oxygen atoms in total. The number of nitrogens with zero attached hydrogens (tertiary/aromatic N) is 2. The van der Waals surface area contributed by atoms with E-state index >= 15 is 0 Å². The maximum Gasteiger partial charge on any atom is 0.348 e. The summed E-state index contributed by atoms with van der Waals surface area (Å²) in [7, 11) is 0. The van der Waals surface area contributed by atoms with Crippen LogP contribution in [0.2, 0.25) is 0 Å². The van der Waals surface area contributed by atoms with Crippen molar-refractivity contribution in [2.24, 2.45) is 5.73 Å². The van der Waals surface area contributed by atoms with Gasteiger partial charge in [-0.05, 0) is 19.8 Å². The molecule has 3 N–H and O–H groups in total. The van der Waals surface area contributed by atoms with Gasteiger partial charge in [-0.2, -0.15) is 4.98 Å². The van der Waals surface area contributed by atoms with Crippen molar-refractivity contribution in [3.05, 3.63) is 27.4 Å². The SMILES string of the molecule is CCc1nc(=O)n(C(C)CC(N)=O)c(CC)c1CC(=O)O. The Labute approximate surface area is 122 Å². The van der Waals surface area contributed by atoms with Crippen molar-refractivity contribution in [2.75, 3.05) is 0 Å². The van der Waals surface area contributed by atoms with E-state index in [2.05, 4.69) is 4.98 Å². The third-order valence-corrected chi connectivity index (χ3v) is 3.36. The lowest BCUT2D eigenvalue weighted by Gasteiger charge is -2.21. The molecule has 1 rings (SSSR count). The number of carbonyl (C=O) groups excluding carboxylic acids is 1. The van der Waals surface area contributed by atoms with Crippen LogP contribution in [0.25, 0.3) is 0 Å². The van der Waals surface area contributed by atoms with Gasteiger partial charge >= 0.3 is 11.7 Å². The quantitative estimate of drug-likeness (QED) is 0.757. The van der Waals surface area contributed by atoms with E-state index in [0.717, 1.165) is 0 Å². The zero-order chi connectivity index (χ0) is 16.2. The van der Waals surface area contributed by atoms with Crippen LogP contribution in [0.3, 0.4) is 0 Å². The third kappa shape index (κ3) is 3.90. The highest BCUT2D eigenvalue weighted by Gasteiger charge is 2.21. The van der Waals surface area contributed by atoms with Crippen LogP contribution in [0.1, 0.15) is 50.2 Å². The fraction of sp³-hybridized carbons (Fsp3) is 0.571. The van der Waals surface area contributed by atoms with Crippen molar-refractivity contribution in [3.8, 4) is 0 Å².